The molecule has 0 saturated carbocycles. The van der Waals surface area contributed by atoms with Gasteiger partial charge in [-0.25, -0.2) is 4.98 Å². The van der Waals surface area contributed by atoms with Gasteiger partial charge in [-0.1, -0.05) is 138 Å². The monoisotopic (exact) mass is 929 g/mol. The maximum absolute atomic E-state index is 8.38. The Morgan fingerprint density at radius 3 is 1.70 bits per heavy atom. The zero-order valence-corrected chi connectivity index (χ0v) is 42.4. The Morgan fingerprint density at radius 2 is 1.03 bits per heavy atom. The molecule has 7 aromatic carbocycles. The fourth-order valence-electron chi connectivity index (χ4n) is 6.70. The molecule has 7 heteroatoms. The summed E-state index contributed by atoms with van der Waals surface area (Å²) in [5.41, 5.74) is 12.0. The number of rotatable bonds is 1. The number of para-hydroxylation sites is 1. The number of hydrogen-bond acceptors (Lipinski definition) is 7. The molecule has 0 amide bonds. The molecule has 69 heavy (non-hydrogen) atoms. The third-order valence-corrected chi connectivity index (χ3v) is 11.7. The summed E-state index contributed by atoms with van der Waals surface area (Å²) >= 11 is 1.85. The van der Waals surface area contributed by atoms with E-state index >= 15 is 0 Å². The van der Waals surface area contributed by atoms with E-state index in [0.29, 0.717) is 12.7 Å². The Hall–Kier alpha value is -7.79. The third-order valence-electron chi connectivity index (χ3n) is 10.6. The van der Waals surface area contributed by atoms with Gasteiger partial charge in [0.15, 0.2) is 11.5 Å². The van der Waals surface area contributed by atoms with Crippen LogP contribution in [0.1, 0.15) is 54.9 Å². The van der Waals surface area contributed by atoms with Crippen LogP contribution in [-0.2, 0) is 0 Å². The molecule has 350 valence electrons. The van der Waals surface area contributed by atoms with E-state index in [9.17, 15) is 0 Å². The van der Waals surface area contributed by atoms with Crippen LogP contribution in [0.4, 0.5) is 0 Å². The van der Waals surface area contributed by atoms with Gasteiger partial charge in [-0.3, -0.25) is 4.98 Å². The van der Waals surface area contributed by atoms with Crippen LogP contribution in [0.15, 0.2) is 188 Å². The predicted molar refractivity (Wildman–Crippen MR) is 291 cm³/mol. The van der Waals surface area contributed by atoms with Gasteiger partial charge in [0, 0.05) is 33.4 Å². The fourth-order valence-corrected chi connectivity index (χ4v) is 7.63. The van der Waals surface area contributed by atoms with Crippen molar-refractivity contribution in [1.82, 2.24) is 9.97 Å². The second-order valence-corrected chi connectivity index (χ2v) is 18.0. The van der Waals surface area contributed by atoms with E-state index in [1.165, 1.54) is 70.1 Å². The maximum atomic E-state index is 8.38. The first-order valence-corrected chi connectivity index (χ1v) is 23.7. The number of nitrogens with zero attached hydrogens (tertiary/aromatic N) is 3. The standard InChI is InChI=1S/C11H10.C10H9N.C9H8S.C9H12.C8H7N.C8H8O2.C7H9NO/c1-9-6-7-10-4-2-3-5-11(10)8-9;1-8-6-9-4-2-3-5-10(9)11-7-8;1-7-6-8-4-2-3-5-9(8)10-7;1-7-4-5-8(2)9(3)6-7;1-7-2-4-8(6-9)5-3-7;1-6-2-3-7-8(4-6)10-5-9-7;1-6-3-4-7(9-2)8-5-6/h2-8H,1H3;2-7H,1H3;2-6H,1H3;4-6H,1-3H3;2-5H,1H3;2-4H,5H2,1H3;3-5H,1-2H3. The first-order valence-electron chi connectivity index (χ1n) is 22.9. The van der Waals surface area contributed by atoms with Crippen molar-refractivity contribution < 1.29 is 14.2 Å². The molecule has 4 heterocycles. The van der Waals surface area contributed by atoms with E-state index in [1.54, 1.807) is 13.3 Å². The lowest BCUT2D eigenvalue weighted by atomic mass is 10.1. The lowest BCUT2D eigenvalue weighted by Gasteiger charge is -1.98. The molecule has 0 saturated heterocycles. The zero-order valence-electron chi connectivity index (χ0n) is 41.6. The van der Waals surface area contributed by atoms with Crippen molar-refractivity contribution in [2.24, 2.45) is 0 Å². The summed E-state index contributed by atoms with van der Waals surface area (Å²) in [6.07, 6.45) is 3.67. The molecule has 11 rings (SSSR count). The Morgan fingerprint density at radius 1 is 0.464 bits per heavy atom. The number of aryl methyl sites for hydroxylation is 9. The molecular weight excluding hydrogens is 867 g/mol. The molecule has 1 aliphatic heterocycles. The van der Waals surface area contributed by atoms with E-state index in [0.717, 1.165) is 28.1 Å². The van der Waals surface area contributed by atoms with Gasteiger partial charge in [0.25, 0.3) is 0 Å². The van der Waals surface area contributed by atoms with Gasteiger partial charge in [0.05, 0.1) is 24.3 Å². The highest BCUT2D eigenvalue weighted by Crippen LogP contribution is 2.32. The molecule has 6 nitrogen and oxygen atoms in total. The molecule has 0 aliphatic carbocycles. The highest BCUT2D eigenvalue weighted by Gasteiger charge is 2.11. The molecule has 0 unspecified atom stereocenters. The van der Waals surface area contributed by atoms with Crippen LogP contribution in [0.3, 0.4) is 0 Å². The Bertz CT molecular complexity index is 3080. The largest absolute Gasteiger partial charge is 0.481 e. The minimum absolute atomic E-state index is 0.360. The van der Waals surface area contributed by atoms with Gasteiger partial charge in [-0.15, -0.1) is 11.3 Å². The normalized spacial score (nSPS) is 10.3. The topological polar surface area (TPSA) is 77.3 Å². The lowest BCUT2D eigenvalue weighted by molar-refractivity contribution is 0.174. The van der Waals surface area contributed by atoms with Crippen molar-refractivity contribution >= 4 is 43.1 Å². The first kappa shape index (κ1) is 52.2. The fraction of sp³-hybridized carbons (Fsp3) is 0.177. The van der Waals surface area contributed by atoms with E-state index < -0.39 is 0 Å². The summed E-state index contributed by atoms with van der Waals surface area (Å²) in [6, 6.07) is 61.6. The van der Waals surface area contributed by atoms with Crippen molar-refractivity contribution in [3.63, 3.8) is 0 Å². The number of methoxy groups -OCH3 is 1. The molecule has 0 N–H and O–H groups in total. The number of hydrogen-bond donors (Lipinski definition) is 0. The van der Waals surface area contributed by atoms with Gasteiger partial charge in [0.2, 0.25) is 12.7 Å². The number of fused-ring (bicyclic) bond motifs is 4. The third kappa shape index (κ3) is 17.7. The molecule has 0 fully saturated rings. The SMILES string of the molecule is COc1ccc(C)cn1.Cc1cc2ccccc2s1.Cc1ccc(C#N)cc1.Cc1ccc(C)c(C)c1.Cc1ccc2c(c1)OCO2.Cc1ccc2ccccc2c1.Cc1cnc2ccccc2c1. The number of thiophene rings is 1. The van der Waals surface area contributed by atoms with E-state index in [-0.39, 0.29) is 0 Å². The average molecular weight is 930 g/mol. The van der Waals surface area contributed by atoms with Gasteiger partial charge in [0.1, 0.15) is 0 Å². The quantitative estimate of drug-likeness (QED) is 0.163. The summed E-state index contributed by atoms with van der Waals surface area (Å²) in [7, 11) is 1.61. The summed E-state index contributed by atoms with van der Waals surface area (Å²) in [6.45, 7) is 19.1. The van der Waals surface area contributed by atoms with Crippen molar-refractivity contribution in [3.8, 4) is 23.4 Å². The van der Waals surface area contributed by atoms with Crippen molar-refractivity contribution in [3.05, 3.63) is 243 Å². The van der Waals surface area contributed by atoms with Crippen LogP contribution in [-0.4, -0.2) is 23.9 Å². The van der Waals surface area contributed by atoms with Crippen LogP contribution >= 0.6 is 11.3 Å². The number of pyridine rings is 2. The van der Waals surface area contributed by atoms with E-state index in [1.807, 2.05) is 111 Å². The number of ether oxygens (including phenoxy) is 3. The van der Waals surface area contributed by atoms with Crippen LogP contribution in [0.5, 0.6) is 17.4 Å². The molecule has 3 aromatic heterocycles. The van der Waals surface area contributed by atoms with Crippen LogP contribution in [0.25, 0.3) is 31.8 Å². The van der Waals surface area contributed by atoms with E-state index in [2.05, 4.69) is 161 Å². The molecule has 1 aliphatic rings. The highest BCUT2D eigenvalue weighted by atomic mass is 32.1. The molecule has 0 spiro atoms. The summed E-state index contributed by atoms with van der Waals surface area (Å²) in [5.74, 6) is 2.38. The van der Waals surface area contributed by atoms with E-state index in [4.69, 9.17) is 19.5 Å². The van der Waals surface area contributed by atoms with Crippen molar-refractivity contribution in [2.45, 2.75) is 62.3 Å². The molecule has 0 bridgehead atoms. The average Bonchev–Trinajstić information content (AvgIpc) is 4.00. The smallest absolute Gasteiger partial charge is 0.231 e. The first-order chi connectivity index (χ1) is 33.3. The Balaban J connectivity index is 0.000000150. The van der Waals surface area contributed by atoms with Gasteiger partial charge in [-0.05, 0) is 155 Å². The Kier molecular flexibility index (Phi) is 20.5. The number of benzene rings is 7. The van der Waals surface area contributed by atoms with Crippen LogP contribution in [0, 0.1) is 73.6 Å². The summed E-state index contributed by atoms with van der Waals surface area (Å²) < 4.78 is 16.5. The Labute approximate surface area is 413 Å². The molecule has 0 atom stereocenters. The second-order valence-electron chi connectivity index (χ2n) is 16.8. The molecule has 0 radical (unpaired) electrons. The van der Waals surface area contributed by atoms with Crippen LogP contribution in [0.2, 0.25) is 0 Å². The summed E-state index contributed by atoms with van der Waals surface area (Å²) in [4.78, 5) is 9.65. The predicted octanol–water partition coefficient (Wildman–Crippen LogP) is 16.5. The zero-order chi connectivity index (χ0) is 49.5. The van der Waals surface area contributed by atoms with Gasteiger partial charge < -0.3 is 14.2 Å². The van der Waals surface area contributed by atoms with Gasteiger partial charge in [-0.2, -0.15) is 5.26 Å². The molecular formula is C62H63N3O3S. The van der Waals surface area contributed by atoms with Crippen LogP contribution < -0.4 is 14.2 Å². The highest BCUT2D eigenvalue weighted by molar-refractivity contribution is 7.19. The molecule has 10 aromatic rings. The number of aromatic nitrogens is 2. The second kappa shape index (κ2) is 27.1. The minimum Gasteiger partial charge on any atom is -0.481 e. The lowest BCUT2D eigenvalue weighted by Crippen LogP contribution is -1.92. The van der Waals surface area contributed by atoms with Gasteiger partial charge >= 0.3 is 0 Å². The summed E-state index contributed by atoms with van der Waals surface area (Å²) in [5, 5.41) is 13.6. The van der Waals surface area contributed by atoms with Crippen molar-refractivity contribution in [1.29, 1.82) is 5.26 Å². The number of nitriles is 1. The van der Waals surface area contributed by atoms with Crippen molar-refractivity contribution in [2.75, 3.05) is 13.9 Å². The minimum atomic E-state index is 0.360. The maximum Gasteiger partial charge on any atom is 0.231 e.